The summed E-state index contributed by atoms with van der Waals surface area (Å²) in [5.41, 5.74) is 3.25. The minimum absolute atomic E-state index is 0.000323. The Morgan fingerprint density at radius 2 is 1.93 bits per heavy atom. The van der Waals surface area contributed by atoms with Gasteiger partial charge in [0.2, 0.25) is 0 Å². The Balaban J connectivity index is 1.44. The van der Waals surface area contributed by atoms with E-state index in [2.05, 4.69) is 17.4 Å². The highest BCUT2D eigenvalue weighted by atomic mass is 19.1. The van der Waals surface area contributed by atoms with Gasteiger partial charge >= 0.3 is 0 Å². The first kappa shape index (κ1) is 18.7. The number of amides is 1. The predicted molar refractivity (Wildman–Crippen MR) is 106 cm³/mol. The number of fused-ring (bicyclic) bond motifs is 2. The van der Waals surface area contributed by atoms with E-state index >= 15 is 0 Å². The van der Waals surface area contributed by atoms with Crippen LogP contribution in [-0.4, -0.2) is 55.4 Å². The lowest BCUT2D eigenvalue weighted by atomic mass is 9.87. The van der Waals surface area contributed by atoms with Crippen LogP contribution in [0.15, 0.2) is 48.5 Å². The second-order valence-electron chi connectivity index (χ2n) is 7.96. The van der Waals surface area contributed by atoms with Crippen LogP contribution in [0, 0.1) is 5.82 Å². The normalized spacial score (nSPS) is 29.1. The average Bonchev–Trinajstić information content (AvgIpc) is 2.78. The van der Waals surface area contributed by atoms with Gasteiger partial charge in [-0.3, -0.25) is 4.79 Å². The Bertz CT molecular complexity index is 888. The smallest absolute Gasteiger partial charge is 0.252 e. The second kappa shape index (κ2) is 7.86. The maximum Gasteiger partial charge on any atom is 0.252 e. The van der Waals surface area contributed by atoms with Crippen LogP contribution in [0.2, 0.25) is 0 Å². The summed E-state index contributed by atoms with van der Waals surface area (Å²) >= 11 is 0. The summed E-state index contributed by atoms with van der Waals surface area (Å²) in [6.45, 7) is 2.53. The van der Waals surface area contributed by atoms with Crippen molar-refractivity contribution in [2.75, 3.05) is 26.3 Å². The van der Waals surface area contributed by atoms with Crippen LogP contribution in [0.3, 0.4) is 0 Å². The standard InChI is InChI=1S/C23H25FN2O3/c24-17-7-5-16(6-8-17)22-18-4-2-1-3-15(18)9-11-26(22)23(27)20-13-19-21(14-29-20)28-12-10-25-19/h1-8,19-22,25H,9-14H2/t19?,20-,21+,22+/m1/s1. The number of nitrogens with one attached hydrogen (secondary N) is 1. The minimum atomic E-state index is -0.487. The van der Waals surface area contributed by atoms with E-state index in [4.69, 9.17) is 9.47 Å². The Morgan fingerprint density at radius 1 is 1.10 bits per heavy atom. The fraction of sp³-hybridized carbons (Fsp3) is 0.435. The van der Waals surface area contributed by atoms with E-state index in [0.29, 0.717) is 26.2 Å². The molecule has 4 atom stereocenters. The van der Waals surface area contributed by atoms with Gasteiger partial charge in [-0.1, -0.05) is 36.4 Å². The van der Waals surface area contributed by atoms with Crippen LogP contribution in [0.1, 0.15) is 29.2 Å². The van der Waals surface area contributed by atoms with Gasteiger partial charge in [0, 0.05) is 25.6 Å². The zero-order chi connectivity index (χ0) is 19.8. The zero-order valence-corrected chi connectivity index (χ0v) is 16.2. The molecule has 2 saturated heterocycles. The molecule has 1 unspecified atom stereocenters. The molecule has 2 aromatic rings. The predicted octanol–water partition coefficient (Wildman–Crippen LogP) is 2.45. The molecule has 0 saturated carbocycles. The van der Waals surface area contributed by atoms with Crippen molar-refractivity contribution in [2.45, 2.75) is 37.1 Å². The fourth-order valence-electron chi connectivity index (χ4n) is 4.78. The highest BCUT2D eigenvalue weighted by Crippen LogP contribution is 2.36. The number of benzene rings is 2. The van der Waals surface area contributed by atoms with E-state index in [1.165, 1.54) is 17.7 Å². The van der Waals surface area contributed by atoms with Crippen LogP contribution in [0.4, 0.5) is 4.39 Å². The van der Waals surface area contributed by atoms with E-state index in [1.54, 1.807) is 12.1 Å². The molecule has 1 amide bonds. The topological polar surface area (TPSA) is 50.8 Å². The lowest BCUT2D eigenvalue weighted by Gasteiger charge is -2.43. The molecule has 0 aliphatic carbocycles. The molecule has 3 heterocycles. The first-order chi connectivity index (χ1) is 14.2. The van der Waals surface area contributed by atoms with Crippen molar-refractivity contribution in [3.63, 3.8) is 0 Å². The number of ether oxygens (including phenoxy) is 2. The molecular weight excluding hydrogens is 371 g/mol. The van der Waals surface area contributed by atoms with Gasteiger partial charge in [-0.15, -0.1) is 0 Å². The molecule has 2 fully saturated rings. The molecular formula is C23H25FN2O3. The number of hydrogen-bond donors (Lipinski definition) is 1. The molecule has 3 aliphatic rings. The Hall–Kier alpha value is -2.28. The molecule has 0 spiro atoms. The van der Waals surface area contributed by atoms with Crippen LogP contribution >= 0.6 is 0 Å². The number of halogens is 1. The zero-order valence-electron chi connectivity index (χ0n) is 16.2. The van der Waals surface area contributed by atoms with Gasteiger partial charge in [0.1, 0.15) is 11.9 Å². The van der Waals surface area contributed by atoms with Gasteiger partial charge in [0.15, 0.2) is 0 Å². The number of rotatable bonds is 2. The first-order valence-corrected chi connectivity index (χ1v) is 10.3. The van der Waals surface area contributed by atoms with Crippen molar-refractivity contribution in [1.29, 1.82) is 0 Å². The average molecular weight is 396 g/mol. The molecule has 0 radical (unpaired) electrons. The third-order valence-electron chi connectivity index (χ3n) is 6.25. The number of hydrogen-bond acceptors (Lipinski definition) is 4. The van der Waals surface area contributed by atoms with Crippen molar-refractivity contribution in [2.24, 2.45) is 0 Å². The molecule has 5 nitrogen and oxygen atoms in total. The summed E-state index contributed by atoms with van der Waals surface area (Å²) in [5, 5.41) is 3.46. The van der Waals surface area contributed by atoms with Gasteiger partial charge < -0.3 is 19.7 Å². The van der Waals surface area contributed by atoms with Crippen molar-refractivity contribution < 1.29 is 18.7 Å². The third kappa shape index (κ3) is 3.56. The van der Waals surface area contributed by atoms with Gasteiger partial charge in [-0.25, -0.2) is 4.39 Å². The number of morpholine rings is 1. The summed E-state index contributed by atoms with van der Waals surface area (Å²) in [6, 6.07) is 14.6. The SMILES string of the molecule is O=C([C@H]1CC2NCCO[C@H]2CO1)N1CCc2ccccc2[C@@H]1c1ccc(F)cc1. The van der Waals surface area contributed by atoms with E-state index in [1.807, 2.05) is 17.0 Å². The Kier molecular flexibility index (Phi) is 5.08. The molecule has 0 aromatic heterocycles. The van der Waals surface area contributed by atoms with Gasteiger partial charge in [0.25, 0.3) is 5.91 Å². The molecule has 1 N–H and O–H groups in total. The van der Waals surface area contributed by atoms with Crippen LogP contribution < -0.4 is 5.32 Å². The maximum atomic E-state index is 13.5. The quantitative estimate of drug-likeness (QED) is 0.847. The maximum absolute atomic E-state index is 13.5. The highest BCUT2D eigenvalue weighted by Gasteiger charge is 2.41. The molecule has 2 aromatic carbocycles. The summed E-state index contributed by atoms with van der Waals surface area (Å²) < 4.78 is 25.2. The highest BCUT2D eigenvalue weighted by molar-refractivity contribution is 5.82. The second-order valence-corrected chi connectivity index (χ2v) is 7.96. The Morgan fingerprint density at radius 3 is 2.79 bits per heavy atom. The van der Waals surface area contributed by atoms with Crippen LogP contribution in [0.5, 0.6) is 0 Å². The summed E-state index contributed by atoms with van der Waals surface area (Å²) in [7, 11) is 0. The van der Waals surface area contributed by atoms with Crippen LogP contribution in [0.25, 0.3) is 0 Å². The molecule has 6 heteroatoms. The number of carbonyl (C=O) groups is 1. The van der Waals surface area contributed by atoms with E-state index in [0.717, 1.165) is 24.1 Å². The van der Waals surface area contributed by atoms with E-state index < -0.39 is 6.10 Å². The van der Waals surface area contributed by atoms with Crippen molar-refractivity contribution in [1.82, 2.24) is 10.2 Å². The van der Waals surface area contributed by atoms with E-state index in [-0.39, 0.29) is 29.9 Å². The monoisotopic (exact) mass is 396 g/mol. The lowest BCUT2D eigenvalue weighted by Crippen LogP contribution is -2.58. The number of nitrogens with zero attached hydrogens (tertiary/aromatic N) is 1. The van der Waals surface area contributed by atoms with Gasteiger partial charge in [-0.05, 0) is 35.2 Å². The van der Waals surface area contributed by atoms with Crippen molar-refractivity contribution in [3.8, 4) is 0 Å². The molecule has 0 bridgehead atoms. The summed E-state index contributed by atoms with van der Waals surface area (Å²) in [4.78, 5) is 15.5. The third-order valence-corrected chi connectivity index (χ3v) is 6.25. The summed E-state index contributed by atoms with van der Waals surface area (Å²) in [6.07, 6.45) is 0.943. The molecule has 5 rings (SSSR count). The first-order valence-electron chi connectivity index (χ1n) is 10.3. The molecule has 152 valence electrons. The molecule has 3 aliphatic heterocycles. The van der Waals surface area contributed by atoms with Gasteiger partial charge in [0.05, 0.1) is 25.4 Å². The van der Waals surface area contributed by atoms with Crippen molar-refractivity contribution in [3.05, 3.63) is 71.0 Å². The fourth-order valence-corrected chi connectivity index (χ4v) is 4.78. The minimum Gasteiger partial charge on any atom is -0.373 e. The van der Waals surface area contributed by atoms with E-state index in [9.17, 15) is 9.18 Å². The summed E-state index contributed by atoms with van der Waals surface area (Å²) in [5.74, 6) is -0.277. The largest absolute Gasteiger partial charge is 0.373 e. The number of carbonyl (C=O) groups excluding carboxylic acids is 1. The lowest BCUT2D eigenvalue weighted by molar-refractivity contribution is -0.162. The van der Waals surface area contributed by atoms with Crippen molar-refractivity contribution >= 4 is 5.91 Å². The Labute approximate surface area is 169 Å². The van der Waals surface area contributed by atoms with Crippen LogP contribution in [-0.2, 0) is 20.7 Å². The van der Waals surface area contributed by atoms with Gasteiger partial charge in [-0.2, -0.15) is 0 Å². The molecule has 29 heavy (non-hydrogen) atoms.